The molecular formula is C19H31IN4. The van der Waals surface area contributed by atoms with Crippen LogP contribution in [0.15, 0.2) is 35.3 Å². The number of hydrogen-bond acceptors (Lipinski definition) is 2. The van der Waals surface area contributed by atoms with Crippen molar-refractivity contribution in [2.45, 2.75) is 44.6 Å². The number of aliphatic imine (C=N–C) groups is 1. The topological polar surface area (TPSA) is 39.7 Å². The first-order chi connectivity index (χ1) is 11.3. The Hall–Kier alpha value is -0.980. The van der Waals surface area contributed by atoms with Gasteiger partial charge in [-0.3, -0.25) is 4.99 Å². The van der Waals surface area contributed by atoms with Gasteiger partial charge in [-0.1, -0.05) is 31.0 Å². The van der Waals surface area contributed by atoms with Gasteiger partial charge in [-0.2, -0.15) is 0 Å². The summed E-state index contributed by atoms with van der Waals surface area (Å²) in [4.78, 5) is 6.85. The number of hydrogen-bond donors (Lipinski definition) is 2. The predicted octanol–water partition coefficient (Wildman–Crippen LogP) is 3.63. The summed E-state index contributed by atoms with van der Waals surface area (Å²) in [6.07, 6.45) is 7.87. The molecule has 134 valence electrons. The highest BCUT2D eigenvalue weighted by Gasteiger charge is 2.21. The first-order valence-corrected chi connectivity index (χ1v) is 9.12. The molecule has 5 heteroatoms. The van der Waals surface area contributed by atoms with Gasteiger partial charge in [-0.25, -0.2) is 0 Å². The lowest BCUT2D eigenvalue weighted by Crippen LogP contribution is -2.48. The zero-order valence-electron chi connectivity index (χ0n) is 14.7. The second-order valence-corrected chi connectivity index (χ2v) is 6.83. The lowest BCUT2D eigenvalue weighted by Gasteiger charge is -2.34. The number of nitrogens with one attached hydrogen (secondary N) is 2. The Balaban J connectivity index is 0.00000208. The smallest absolute Gasteiger partial charge is 0.191 e. The molecule has 0 unspecified atom stereocenters. The van der Waals surface area contributed by atoms with E-state index in [0.717, 1.165) is 44.4 Å². The van der Waals surface area contributed by atoms with E-state index in [9.17, 15) is 0 Å². The molecule has 0 atom stereocenters. The molecule has 0 spiro atoms. The Bertz CT molecular complexity index is 493. The van der Waals surface area contributed by atoms with Crippen LogP contribution in [0.5, 0.6) is 0 Å². The standard InChI is InChI=1S/C19H30N4.HI/c1-20-19(21-13-5-6-16-9-10-16)22-17-11-14-23(15-12-17)18-7-3-2-4-8-18;/h2-4,7-8,16-17H,5-6,9-15H2,1H3,(H2,20,21,22);1H. The van der Waals surface area contributed by atoms with Crippen LogP contribution in [0.1, 0.15) is 38.5 Å². The minimum absolute atomic E-state index is 0. The summed E-state index contributed by atoms with van der Waals surface area (Å²) in [6, 6.07) is 11.3. The van der Waals surface area contributed by atoms with Crippen LogP contribution < -0.4 is 15.5 Å². The summed E-state index contributed by atoms with van der Waals surface area (Å²) in [5, 5.41) is 7.06. The maximum Gasteiger partial charge on any atom is 0.191 e. The van der Waals surface area contributed by atoms with Crippen LogP contribution in [0.2, 0.25) is 0 Å². The van der Waals surface area contributed by atoms with Crippen LogP contribution in [0, 0.1) is 5.92 Å². The van der Waals surface area contributed by atoms with Gasteiger partial charge < -0.3 is 15.5 Å². The van der Waals surface area contributed by atoms with Gasteiger partial charge in [0.05, 0.1) is 0 Å². The molecule has 0 aromatic heterocycles. The van der Waals surface area contributed by atoms with E-state index in [0.29, 0.717) is 6.04 Å². The van der Waals surface area contributed by atoms with Gasteiger partial charge in [-0.05, 0) is 43.7 Å². The van der Waals surface area contributed by atoms with Crippen molar-refractivity contribution in [2.75, 3.05) is 31.6 Å². The summed E-state index contributed by atoms with van der Waals surface area (Å²) >= 11 is 0. The molecule has 1 aliphatic carbocycles. The lowest BCUT2D eigenvalue weighted by molar-refractivity contribution is 0.461. The summed E-state index contributed by atoms with van der Waals surface area (Å²) in [5.74, 6) is 1.99. The SMILES string of the molecule is CN=C(NCCCC1CC1)NC1CCN(c2ccccc2)CC1.I. The van der Waals surface area contributed by atoms with E-state index in [1.54, 1.807) is 0 Å². The Morgan fingerprint density at radius 2 is 1.83 bits per heavy atom. The molecule has 4 nitrogen and oxygen atoms in total. The van der Waals surface area contributed by atoms with Crippen LogP contribution >= 0.6 is 24.0 Å². The molecule has 0 radical (unpaired) electrons. The van der Waals surface area contributed by atoms with Crippen molar-refractivity contribution in [1.29, 1.82) is 0 Å². The number of halogens is 1. The van der Waals surface area contributed by atoms with Gasteiger partial charge in [0.15, 0.2) is 5.96 Å². The van der Waals surface area contributed by atoms with Gasteiger partial charge in [-0.15, -0.1) is 24.0 Å². The third-order valence-corrected chi connectivity index (χ3v) is 4.96. The van der Waals surface area contributed by atoms with Crippen molar-refractivity contribution in [3.05, 3.63) is 30.3 Å². The van der Waals surface area contributed by atoms with Gasteiger partial charge in [0, 0.05) is 38.4 Å². The van der Waals surface area contributed by atoms with Crippen LogP contribution in [0.3, 0.4) is 0 Å². The molecule has 1 saturated heterocycles. The average Bonchev–Trinajstić information content (AvgIpc) is 3.43. The highest BCUT2D eigenvalue weighted by atomic mass is 127. The molecule has 2 aliphatic rings. The third-order valence-electron chi connectivity index (χ3n) is 4.96. The fourth-order valence-corrected chi connectivity index (χ4v) is 3.31. The van der Waals surface area contributed by atoms with Crippen LogP contribution in [-0.4, -0.2) is 38.7 Å². The van der Waals surface area contributed by atoms with E-state index in [1.807, 2.05) is 7.05 Å². The molecule has 0 amide bonds. The van der Waals surface area contributed by atoms with Gasteiger partial charge in [0.1, 0.15) is 0 Å². The second kappa shape index (κ2) is 10.1. The summed E-state index contributed by atoms with van der Waals surface area (Å²) in [7, 11) is 1.87. The van der Waals surface area contributed by atoms with Crippen molar-refractivity contribution in [2.24, 2.45) is 10.9 Å². The zero-order chi connectivity index (χ0) is 15.9. The minimum atomic E-state index is 0. The van der Waals surface area contributed by atoms with Crippen molar-refractivity contribution >= 4 is 35.6 Å². The Morgan fingerprint density at radius 1 is 1.12 bits per heavy atom. The van der Waals surface area contributed by atoms with E-state index < -0.39 is 0 Å². The second-order valence-electron chi connectivity index (χ2n) is 6.83. The van der Waals surface area contributed by atoms with Gasteiger partial charge in [0.25, 0.3) is 0 Å². The molecular weight excluding hydrogens is 411 g/mol. The number of benzene rings is 1. The van der Waals surface area contributed by atoms with E-state index in [2.05, 4.69) is 50.9 Å². The third kappa shape index (κ3) is 6.15. The van der Waals surface area contributed by atoms with Crippen molar-refractivity contribution in [3.63, 3.8) is 0 Å². The largest absolute Gasteiger partial charge is 0.371 e. The Labute approximate surface area is 163 Å². The molecule has 2 N–H and O–H groups in total. The molecule has 3 rings (SSSR count). The number of anilines is 1. The van der Waals surface area contributed by atoms with Crippen LogP contribution in [0.4, 0.5) is 5.69 Å². The monoisotopic (exact) mass is 442 g/mol. The highest BCUT2D eigenvalue weighted by Crippen LogP contribution is 2.33. The fourth-order valence-electron chi connectivity index (χ4n) is 3.31. The molecule has 0 bridgehead atoms. The maximum atomic E-state index is 4.37. The Kier molecular flexibility index (Phi) is 8.15. The summed E-state index contributed by atoms with van der Waals surface area (Å²) in [6.45, 7) is 3.26. The summed E-state index contributed by atoms with van der Waals surface area (Å²) < 4.78 is 0. The number of piperidine rings is 1. The number of para-hydroxylation sites is 1. The van der Waals surface area contributed by atoms with E-state index in [4.69, 9.17) is 0 Å². The first-order valence-electron chi connectivity index (χ1n) is 9.12. The molecule has 2 fully saturated rings. The first kappa shape index (κ1) is 19.3. The lowest BCUT2D eigenvalue weighted by atomic mass is 10.0. The van der Waals surface area contributed by atoms with Crippen molar-refractivity contribution in [1.82, 2.24) is 10.6 Å². The number of nitrogens with zero attached hydrogens (tertiary/aromatic N) is 2. The quantitative estimate of drug-likeness (QED) is 0.306. The van der Waals surface area contributed by atoms with E-state index in [-0.39, 0.29) is 24.0 Å². The summed E-state index contributed by atoms with van der Waals surface area (Å²) in [5.41, 5.74) is 1.34. The van der Waals surface area contributed by atoms with Crippen LogP contribution in [0.25, 0.3) is 0 Å². The minimum Gasteiger partial charge on any atom is -0.371 e. The number of rotatable bonds is 6. The van der Waals surface area contributed by atoms with Crippen molar-refractivity contribution < 1.29 is 0 Å². The zero-order valence-corrected chi connectivity index (χ0v) is 17.0. The maximum absolute atomic E-state index is 4.37. The number of guanidine groups is 1. The molecule has 1 saturated carbocycles. The van der Waals surface area contributed by atoms with E-state index in [1.165, 1.54) is 31.4 Å². The predicted molar refractivity (Wildman–Crippen MR) is 114 cm³/mol. The molecule has 1 heterocycles. The van der Waals surface area contributed by atoms with Gasteiger partial charge >= 0.3 is 0 Å². The highest BCUT2D eigenvalue weighted by molar-refractivity contribution is 14.0. The average molecular weight is 442 g/mol. The molecule has 1 aromatic carbocycles. The normalized spacial score (nSPS) is 18.9. The van der Waals surface area contributed by atoms with Crippen molar-refractivity contribution in [3.8, 4) is 0 Å². The van der Waals surface area contributed by atoms with Crippen LogP contribution in [-0.2, 0) is 0 Å². The fraction of sp³-hybridized carbons (Fsp3) is 0.632. The van der Waals surface area contributed by atoms with E-state index >= 15 is 0 Å². The molecule has 24 heavy (non-hydrogen) atoms. The molecule has 1 aliphatic heterocycles. The van der Waals surface area contributed by atoms with Gasteiger partial charge in [0.2, 0.25) is 0 Å². The Morgan fingerprint density at radius 3 is 2.46 bits per heavy atom. The molecule has 1 aromatic rings.